The lowest BCUT2D eigenvalue weighted by Crippen LogP contribution is -2.53. The van der Waals surface area contributed by atoms with Crippen molar-refractivity contribution >= 4 is 50.7 Å². The van der Waals surface area contributed by atoms with Gasteiger partial charge in [0, 0.05) is 30.1 Å². The van der Waals surface area contributed by atoms with Gasteiger partial charge in [0.25, 0.3) is 10.0 Å². The molecule has 0 radical (unpaired) electrons. The highest BCUT2D eigenvalue weighted by Crippen LogP contribution is 2.33. The highest BCUT2D eigenvalue weighted by atomic mass is 35.5. The van der Waals surface area contributed by atoms with Gasteiger partial charge in [-0.2, -0.15) is 0 Å². The van der Waals surface area contributed by atoms with Crippen LogP contribution in [-0.4, -0.2) is 51.4 Å². The third-order valence-corrected chi connectivity index (χ3v) is 9.13. The van der Waals surface area contributed by atoms with Crippen molar-refractivity contribution in [1.82, 2.24) is 10.2 Å². The second kappa shape index (κ2) is 15.1. The molecule has 1 atom stereocenters. The van der Waals surface area contributed by atoms with Crippen molar-refractivity contribution in [3.8, 4) is 5.75 Å². The average Bonchev–Trinajstić information content (AvgIpc) is 3.02. The first-order valence-electron chi connectivity index (χ1n) is 13.9. The first-order valence-corrected chi connectivity index (χ1v) is 16.1. The van der Waals surface area contributed by atoms with Gasteiger partial charge < -0.3 is 15.0 Å². The molecule has 44 heavy (non-hydrogen) atoms. The fraction of sp³-hybridized carbons (Fsp3) is 0.212. The number of halogens is 2. The third kappa shape index (κ3) is 8.11. The molecule has 4 rings (SSSR count). The van der Waals surface area contributed by atoms with Crippen LogP contribution in [0.4, 0.5) is 5.69 Å². The lowest BCUT2D eigenvalue weighted by molar-refractivity contribution is -0.139. The second-order valence-electron chi connectivity index (χ2n) is 9.84. The number of para-hydroxylation sites is 2. The Bertz CT molecular complexity index is 1690. The number of sulfonamides is 1. The maximum atomic E-state index is 14.4. The first kappa shape index (κ1) is 32.9. The summed E-state index contributed by atoms with van der Waals surface area (Å²) in [6, 6.07) is 27.6. The Morgan fingerprint density at radius 1 is 0.841 bits per heavy atom. The number of anilines is 1. The SMILES string of the molecule is CCOc1ccccc1N(CC(=O)N(Cc1cccc(Cl)c1)[C@@H](Cc1ccccc1)C(=O)NC)S(=O)(=O)c1ccc(Cl)cc1. The van der Waals surface area contributed by atoms with E-state index >= 15 is 0 Å². The smallest absolute Gasteiger partial charge is 0.264 e. The first-order chi connectivity index (χ1) is 21.1. The van der Waals surface area contributed by atoms with Crippen LogP contribution in [0.5, 0.6) is 5.75 Å². The standard InChI is InChI=1S/C33H33Cl2N3O5S/c1-3-43-31-15-8-7-14-29(31)38(44(41,42)28-18-16-26(34)17-19-28)23-32(39)37(22-25-12-9-13-27(35)20-25)30(33(40)36-2)21-24-10-5-4-6-11-24/h4-20,30H,3,21-23H2,1-2H3,(H,36,40)/t30-/m0/s1. The van der Waals surface area contributed by atoms with Crippen molar-refractivity contribution in [2.75, 3.05) is 24.5 Å². The normalized spacial score (nSPS) is 11.8. The van der Waals surface area contributed by atoms with Crippen LogP contribution < -0.4 is 14.4 Å². The van der Waals surface area contributed by atoms with E-state index < -0.39 is 34.4 Å². The van der Waals surface area contributed by atoms with Crippen LogP contribution in [0.1, 0.15) is 18.1 Å². The van der Waals surface area contributed by atoms with Gasteiger partial charge in [-0.15, -0.1) is 0 Å². The van der Waals surface area contributed by atoms with E-state index in [9.17, 15) is 18.0 Å². The minimum Gasteiger partial charge on any atom is -0.492 e. The van der Waals surface area contributed by atoms with Crippen molar-refractivity contribution in [3.63, 3.8) is 0 Å². The molecule has 11 heteroatoms. The number of amides is 2. The van der Waals surface area contributed by atoms with Crippen molar-refractivity contribution in [2.45, 2.75) is 30.8 Å². The minimum atomic E-state index is -4.30. The van der Waals surface area contributed by atoms with Gasteiger partial charge in [0.05, 0.1) is 17.2 Å². The Hall–Kier alpha value is -4.05. The van der Waals surface area contributed by atoms with Gasteiger partial charge in [-0.1, -0.05) is 77.8 Å². The van der Waals surface area contributed by atoms with Crippen LogP contribution in [0.3, 0.4) is 0 Å². The van der Waals surface area contributed by atoms with E-state index in [0.717, 1.165) is 9.87 Å². The molecule has 0 fully saturated rings. The van der Waals surface area contributed by atoms with Crippen LogP contribution in [0.15, 0.2) is 108 Å². The molecule has 0 spiro atoms. The number of ether oxygens (including phenoxy) is 1. The fourth-order valence-electron chi connectivity index (χ4n) is 4.74. The molecule has 0 aromatic heterocycles. The maximum Gasteiger partial charge on any atom is 0.264 e. The van der Waals surface area contributed by atoms with E-state index in [4.69, 9.17) is 27.9 Å². The molecule has 4 aromatic rings. The highest BCUT2D eigenvalue weighted by molar-refractivity contribution is 7.92. The van der Waals surface area contributed by atoms with Gasteiger partial charge in [0.15, 0.2) is 0 Å². The van der Waals surface area contributed by atoms with Crippen LogP contribution in [-0.2, 0) is 32.6 Å². The van der Waals surface area contributed by atoms with E-state index in [1.165, 1.54) is 36.2 Å². The average molecular weight is 655 g/mol. The Kier molecular flexibility index (Phi) is 11.3. The lowest BCUT2D eigenvalue weighted by atomic mass is 10.0. The lowest BCUT2D eigenvalue weighted by Gasteiger charge is -2.34. The summed E-state index contributed by atoms with van der Waals surface area (Å²) in [7, 11) is -2.81. The Balaban J connectivity index is 1.82. The predicted octanol–water partition coefficient (Wildman–Crippen LogP) is 5.97. The zero-order chi connectivity index (χ0) is 31.7. The molecule has 0 aliphatic heterocycles. The van der Waals surface area contributed by atoms with Gasteiger partial charge in [0.2, 0.25) is 11.8 Å². The summed E-state index contributed by atoms with van der Waals surface area (Å²) in [4.78, 5) is 29.1. The molecule has 230 valence electrons. The third-order valence-electron chi connectivity index (χ3n) is 6.87. The molecule has 8 nitrogen and oxygen atoms in total. The molecular formula is C33H33Cl2N3O5S. The van der Waals surface area contributed by atoms with E-state index in [0.29, 0.717) is 15.6 Å². The molecule has 0 unspecified atom stereocenters. The number of likely N-dealkylation sites (N-methyl/N-ethyl adjacent to an activating group) is 1. The summed E-state index contributed by atoms with van der Waals surface area (Å²) in [6.45, 7) is 1.45. The summed E-state index contributed by atoms with van der Waals surface area (Å²) in [6.07, 6.45) is 0.201. The van der Waals surface area contributed by atoms with Crippen LogP contribution in [0, 0.1) is 0 Å². The van der Waals surface area contributed by atoms with Gasteiger partial charge in [-0.05, 0) is 66.6 Å². The zero-order valence-corrected chi connectivity index (χ0v) is 26.6. The largest absolute Gasteiger partial charge is 0.492 e. The van der Waals surface area contributed by atoms with Crippen molar-refractivity contribution < 1.29 is 22.7 Å². The van der Waals surface area contributed by atoms with Crippen molar-refractivity contribution in [1.29, 1.82) is 0 Å². The molecule has 0 heterocycles. The monoisotopic (exact) mass is 653 g/mol. The molecule has 0 aliphatic carbocycles. The Morgan fingerprint density at radius 2 is 1.50 bits per heavy atom. The molecule has 0 saturated heterocycles. The summed E-state index contributed by atoms with van der Waals surface area (Å²) in [5.41, 5.74) is 1.69. The quantitative estimate of drug-likeness (QED) is 0.192. The number of carbonyl (C=O) groups excluding carboxylic acids is 2. The van der Waals surface area contributed by atoms with E-state index in [-0.39, 0.29) is 35.9 Å². The van der Waals surface area contributed by atoms with E-state index in [1.807, 2.05) is 30.3 Å². The minimum absolute atomic E-state index is 0.00620. The molecule has 0 aliphatic rings. The number of hydrogen-bond acceptors (Lipinski definition) is 5. The topological polar surface area (TPSA) is 96.0 Å². The van der Waals surface area contributed by atoms with Gasteiger partial charge in [-0.25, -0.2) is 8.42 Å². The Labute approximate surface area is 268 Å². The van der Waals surface area contributed by atoms with E-state index in [1.54, 1.807) is 55.5 Å². The predicted molar refractivity (Wildman–Crippen MR) is 174 cm³/mol. The number of nitrogens with zero attached hydrogens (tertiary/aromatic N) is 2. The number of nitrogens with one attached hydrogen (secondary N) is 1. The second-order valence-corrected chi connectivity index (χ2v) is 12.6. The van der Waals surface area contributed by atoms with Crippen molar-refractivity contribution in [2.24, 2.45) is 0 Å². The summed E-state index contributed by atoms with van der Waals surface area (Å²) in [5, 5.41) is 3.50. The van der Waals surface area contributed by atoms with Gasteiger partial charge >= 0.3 is 0 Å². The van der Waals surface area contributed by atoms with Crippen LogP contribution in [0.25, 0.3) is 0 Å². The maximum absolute atomic E-state index is 14.4. The highest BCUT2D eigenvalue weighted by Gasteiger charge is 2.35. The van der Waals surface area contributed by atoms with E-state index in [2.05, 4.69) is 5.32 Å². The number of benzene rings is 4. The molecule has 4 aromatic carbocycles. The van der Waals surface area contributed by atoms with Crippen LogP contribution >= 0.6 is 23.2 Å². The molecule has 0 saturated carbocycles. The van der Waals surface area contributed by atoms with Crippen LogP contribution in [0.2, 0.25) is 10.0 Å². The Morgan fingerprint density at radius 3 is 2.16 bits per heavy atom. The summed E-state index contributed by atoms with van der Waals surface area (Å²) >= 11 is 12.3. The number of rotatable bonds is 13. The zero-order valence-electron chi connectivity index (χ0n) is 24.3. The molecule has 1 N–H and O–H groups in total. The van der Waals surface area contributed by atoms with Gasteiger partial charge in [-0.3, -0.25) is 13.9 Å². The number of hydrogen-bond donors (Lipinski definition) is 1. The van der Waals surface area contributed by atoms with Gasteiger partial charge in [0.1, 0.15) is 18.3 Å². The molecule has 2 amide bonds. The number of carbonyl (C=O) groups is 2. The van der Waals surface area contributed by atoms with Crippen molar-refractivity contribution in [3.05, 3.63) is 124 Å². The summed E-state index contributed by atoms with van der Waals surface area (Å²) < 4.78 is 35.1. The summed E-state index contributed by atoms with van der Waals surface area (Å²) in [5.74, 6) is -0.710. The fourth-order valence-corrected chi connectivity index (χ4v) is 6.50. The molecule has 0 bridgehead atoms. The molecular weight excluding hydrogens is 621 g/mol.